The summed E-state index contributed by atoms with van der Waals surface area (Å²) in [4.78, 5) is 28.6. The lowest BCUT2D eigenvalue weighted by atomic mass is 10.2. The van der Waals surface area contributed by atoms with E-state index in [0.29, 0.717) is 63.7 Å². The SMILES string of the molecule is CCOc1ccccc1OCC(=O)N1CCN(C(=O)CCCOc2ccccc2C)CC1. The molecule has 3 rings (SSSR count). The van der Waals surface area contributed by atoms with Crippen molar-refractivity contribution in [1.29, 1.82) is 0 Å². The van der Waals surface area contributed by atoms with Crippen LogP contribution in [0, 0.1) is 6.92 Å². The van der Waals surface area contributed by atoms with Crippen molar-refractivity contribution < 1.29 is 23.8 Å². The molecule has 172 valence electrons. The highest BCUT2D eigenvalue weighted by molar-refractivity contribution is 5.79. The van der Waals surface area contributed by atoms with Crippen molar-refractivity contribution in [3.8, 4) is 17.2 Å². The van der Waals surface area contributed by atoms with Crippen molar-refractivity contribution in [2.75, 3.05) is 46.0 Å². The second kappa shape index (κ2) is 12.0. The lowest BCUT2D eigenvalue weighted by Crippen LogP contribution is -2.51. The second-order valence-electron chi connectivity index (χ2n) is 7.65. The molecule has 1 aliphatic rings. The summed E-state index contributed by atoms with van der Waals surface area (Å²) in [5.74, 6) is 2.06. The highest BCUT2D eigenvalue weighted by atomic mass is 16.5. The molecule has 0 spiro atoms. The molecule has 1 heterocycles. The van der Waals surface area contributed by atoms with Crippen molar-refractivity contribution in [3.05, 3.63) is 54.1 Å². The zero-order valence-corrected chi connectivity index (χ0v) is 18.9. The average Bonchev–Trinajstić information content (AvgIpc) is 2.82. The van der Waals surface area contributed by atoms with Gasteiger partial charge in [0.1, 0.15) is 5.75 Å². The van der Waals surface area contributed by atoms with Gasteiger partial charge in [0.15, 0.2) is 18.1 Å². The first-order chi connectivity index (χ1) is 15.6. The number of hydrogen-bond acceptors (Lipinski definition) is 5. The minimum Gasteiger partial charge on any atom is -0.493 e. The van der Waals surface area contributed by atoms with Crippen molar-refractivity contribution in [2.45, 2.75) is 26.7 Å². The Balaban J connectivity index is 1.35. The first kappa shape index (κ1) is 23.4. The molecule has 2 aromatic carbocycles. The van der Waals surface area contributed by atoms with Crippen LogP contribution in [-0.2, 0) is 9.59 Å². The summed E-state index contributed by atoms with van der Waals surface area (Å²) in [6.45, 7) is 7.01. The molecular formula is C25H32N2O5. The molecule has 1 saturated heterocycles. The lowest BCUT2D eigenvalue weighted by molar-refractivity contribution is -0.140. The fraction of sp³-hybridized carbons (Fsp3) is 0.440. The third-order valence-corrected chi connectivity index (χ3v) is 5.37. The van der Waals surface area contributed by atoms with E-state index in [-0.39, 0.29) is 18.4 Å². The van der Waals surface area contributed by atoms with Gasteiger partial charge in [0.05, 0.1) is 13.2 Å². The molecule has 1 aliphatic heterocycles. The molecule has 0 N–H and O–H groups in total. The third-order valence-electron chi connectivity index (χ3n) is 5.37. The number of para-hydroxylation sites is 3. The standard InChI is InChI=1S/C25H32N2O5/c1-3-30-22-11-6-7-12-23(22)32-19-25(29)27-16-14-26(15-17-27)24(28)13-8-18-31-21-10-5-4-9-20(21)2/h4-7,9-12H,3,8,13-19H2,1-2H3. The minimum absolute atomic E-state index is 0.0473. The van der Waals surface area contributed by atoms with Crippen LogP contribution in [0.3, 0.4) is 0 Å². The monoisotopic (exact) mass is 440 g/mol. The number of rotatable bonds is 10. The zero-order chi connectivity index (χ0) is 22.8. The van der Waals surface area contributed by atoms with Crippen LogP contribution in [0.1, 0.15) is 25.3 Å². The molecule has 0 atom stereocenters. The Kier molecular flexibility index (Phi) is 8.78. The molecule has 7 nitrogen and oxygen atoms in total. The van der Waals surface area contributed by atoms with Gasteiger partial charge in [-0.1, -0.05) is 30.3 Å². The average molecular weight is 441 g/mol. The number of ether oxygens (including phenoxy) is 3. The van der Waals surface area contributed by atoms with Gasteiger partial charge in [-0.2, -0.15) is 0 Å². The fourth-order valence-electron chi connectivity index (χ4n) is 3.56. The van der Waals surface area contributed by atoms with E-state index in [4.69, 9.17) is 14.2 Å². The number of amides is 2. The summed E-state index contributed by atoms with van der Waals surface area (Å²) in [5, 5.41) is 0. The van der Waals surface area contributed by atoms with Crippen LogP contribution in [-0.4, -0.2) is 67.6 Å². The van der Waals surface area contributed by atoms with Gasteiger partial charge in [0.25, 0.3) is 5.91 Å². The smallest absolute Gasteiger partial charge is 0.260 e. The van der Waals surface area contributed by atoms with E-state index in [1.165, 1.54) is 0 Å². The van der Waals surface area contributed by atoms with E-state index in [9.17, 15) is 9.59 Å². The fourth-order valence-corrected chi connectivity index (χ4v) is 3.56. The number of nitrogens with zero attached hydrogens (tertiary/aromatic N) is 2. The van der Waals surface area contributed by atoms with E-state index in [0.717, 1.165) is 11.3 Å². The van der Waals surface area contributed by atoms with E-state index in [2.05, 4.69) is 0 Å². The zero-order valence-electron chi connectivity index (χ0n) is 18.9. The minimum atomic E-state index is -0.0879. The molecule has 0 saturated carbocycles. The molecule has 32 heavy (non-hydrogen) atoms. The predicted octanol–water partition coefficient (Wildman–Crippen LogP) is 3.30. The summed E-state index contributed by atoms with van der Waals surface area (Å²) < 4.78 is 17.0. The topological polar surface area (TPSA) is 68.3 Å². The van der Waals surface area contributed by atoms with Crippen molar-refractivity contribution >= 4 is 11.8 Å². The molecule has 0 radical (unpaired) electrons. The van der Waals surface area contributed by atoms with Gasteiger partial charge in [-0.25, -0.2) is 0 Å². The lowest BCUT2D eigenvalue weighted by Gasteiger charge is -2.34. The summed E-state index contributed by atoms with van der Waals surface area (Å²) in [6, 6.07) is 15.2. The molecular weight excluding hydrogens is 408 g/mol. The van der Waals surface area contributed by atoms with E-state index in [1.54, 1.807) is 11.0 Å². The number of carbonyl (C=O) groups excluding carboxylic acids is 2. The second-order valence-corrected chi connectivity index (χ2v) is 7.65. The number of carbonyl (C=O) groups is 2. The maximum Gasteiger partial charge on any atom is 0.260 e. The highest BCUT2D eigenvalue weighted by Crippen LogP contribution is 2.26. The largest absolute Gasteiger partial charge is 0.493 e. The van der Waals surface area contributed by atoms with Gasteiger partial charge in [0.2, 0.25) is 5.91 Å². The summed E-state index contributed by atoms with van der Waals surface area (Å²) in [7, 11) is 0. The summed E-state index contributed by atoms with van der Waals surface area (Å²) >= 11 is 0. The normalized spacial score (nSPS) is 13.6. The number of aryl methyl sites for hydroxylation is 1. The highest BCUT2D eigenvalue weighted by Gasteiger charge is 2.24. The quantitative estimate of drug-likeness (QED) is 0.531. The molecule has 7 heteroatoms. The van der Waals surface area contributed by atoms with E-state index in [1.807, 2.05) is 61.2 Å². The summed E-state index contributed by atoms with van der Waals surface area (Å²) in [5.41, 5.74) is 1.09. The molecule has 0 bridgehead atoms. The Bertz CT molecular complexity index is 893. The predicted molar refractivity (Wildman–Crippen MR) is 122 cm³/mol. The Morgan fingerprint density at radius 1 is 0.781 bits per heavy atom. The van der Waals surface area contributed by atoms with Gasteiger partial charge < -0.3 is 24.0 Å². The van der Waals surface area contributed by atoms with Gasteiger partial charge >= 0.3 is 0 Å². The maximum absolute atomic E-state index is 12.5. The van der Waals surface area contributed by atoms with E-state index < -0.39 is 0 Å². The van der Waals surface area contributed by atoms with Crippen LogP contribution in [0.4, 0.5) is 0 Å². The van der Waals surface area contributed by atoms with Crippen molar-refractivity contribution in [2.24, 2.45) is 0 Å². The number of hydrogen-bond donors (Lipinski definition) is 0. The first-order valence-electron chi connectivity index (χ1n) is 11.2. The van der Waals surface area contributed by atoms with Crippen LogP contribution in [0.5, 0.6) is 17.2 Å². The van der Waals surface area contributed by atoms with Gasteiger partial charge in [-0.3, -0.25) is 9.59 Å². The first-order valence-corrected chi connectivity index (χ1v) is 11.2. The Morgan fingerprint density at radius 3 is 1.97 bits per heavy atom. The molecule has 2 aromatic rings. The Labute approximate surface area is 189 Å². The maximum atomic E-state index is 12.5. The van der Waals surface area contributed by atoms with Crippen LogP contribution in [0.25, 0.3) is 0 Å². The van der Waals surface area contributed by atoms with Gasteiger partial charge in [-0.15, -0.1) is 0 Å². The van der Waals surface area contributed by atoms with Gasteiger partial charge in [-0.05, 0) is 44.0 Å². The molecule has 2 amide bonds. The Hall–Kier alpha value is -3.22. The Morgan fingerprint density at radius 2 is 1.34 bits per heavy atom. The van der Waals surface area contributed by atoms with Crippen molar-refractivity contribution in [1.82, 2.24) is 9.80 Å². The molecule has 0 aromatic heterocycles. The van der Waals surface area contributed by atoms with E-state index >= 15 is 0 Å². The molecule has 1 fully saturated rings. The van der Waals surface area contributed by atoms with Crippen LogP contribution in [0.2, 0.25) is 0 Å². The third kappa shape index (κ3) is 6.64. The molecule has 0 unspecified atom stereocenters. The summed E-state index contributed by atoms with van der Waals surface area (Å²) in [6.07, 6.45) is 1.11. The number of benzene rings is 2. The molecule has 0 aliphatic carbocycles. The van der Waals surface area contributed by atoms with Gasteiger partial charge in [0, 0.05) is 32.6 Å². The van der Waals surface area contributed by atoms with Crippen molar-refractivity contribution in [3.63, 3.8) is 0 Å². The van der Waals surface area contributed by atoms with Crippen LogP contribution >= 0.6 is 0 Å². The number of piperazine rings is 1. The van der Waals surface area contributed by atoms with Crippen LogP contribution < -0.4 is 14.2 Å². The van der Waals surface area contributed by atoms with Crippen LogP contribution in [0.15, 0.2) is 48.5 Å².